The van der Waals surface area contributed by atoms with Crippen molar-refractivity contribution in [3.05, 3.63) is 0 Å². The van der Waals surface area contributed by atoms with Gasteiger partial charge in [0.25, 0.3) is 0 Å². The first-order chi connectivity index (χ1) is 6.31. The maximum absolute atomic E-state index is 11.0. The summed E-state index contributed by atoms with van der Waals surface area (Å²) >= 11 is 3.23. The summed E-state index contributed by atoms with van der Waals surface area (Å²) in [5.74, 6) is -0.164. The van der Waals surface area contributed by atoms with Crippen molar-refractivity contribution < 1.29 is 14.3 Å². The molecule has 0 amide bonds. The van der Waals surface area contributed by atoms with Crippen molar-refractivity contribution in [3.8, 4) is 0 Å². The summed E-state index contributed by atoms with van der Waals surface area (Å²) in [5, 5.41) is 0.803. The van der Waals surface area contributed by atoms with Crippen molar-refractivity contribution in [1.82, 2.24) is 0 Å². The monoisotopic (exact) mass is 252 g/mol. The topological polar surface area (TPSA) is 35.5 Å². The molecule has 0 unspecified atom stereocenters. The van der Waals surface area contributed by atoms with E-state index in [1.54, 1.807) is 0 Å². The van der Waals surface area contributed by atoms with Crippen LogP contribution in [0.5, 0.6) is 0 Å². The van der Waals surface area contributed by atoms with Crippen LogP contribution in [0.4, 0.5) is 0 Å². The minimum absolute atomic E-state index is 0.164. The lowest BCUT2D eigenvalue weighted by Gasteiger charge is -2.03. The van der Waals surface area contributed by atoms with Crippen LogP contribution < -0.4 is 0 Å². The summed E-state index contributed by atoms with van der Waals surface area (Å²) in [7, 11) is 0. The molecule has 13 heavy (non-hydrogen) atoms. The summed E-state index contributed by atoms with van der Waals surface area (Å²) in [6.07, 6.45) is 2.35. The van der Waals surface area contributed by atoms with Crippen LogP contribution in [0, 0.1) is 0 Å². The molecule has 0 spiro atoms. The number of unbranched alkanes of at least 4 members (excludes halogenated alkanes) is 1. The molecule has 0 atom stereocenters. The van der Waals surface area contributed by atoms with Gasteiger partial charge in [-0.2, -0.15) is 0 Å². The molecule has 3 nitrogen and oxygen atoms in total. The van der Waals surface area contributed by atoms with Gasteiger partial charge in [0, 0.05) is 5.33 Å². The van der Waals surface area contributed by atoms with E-state index in [9.17, 15) is 4.79 Å². The summed E-state index contributed by atoms with van der Waals surface area (Å²) in [5.41, 5.74) is 0. The van der Waals surface area contributed by atoms with Gasteiger partial charge in [-0.25, -0.2) is 0 Å². The van der Waals surface area contributed by atoms with E-state index in [4.69, 9.17) is 9.47 Å². The van der Waals surface area contributed by atoms with E-state index in [-0.39, 0.29) is 5.97 Å². The SMILES string of the molecule is CCCCOC(=O)CCOCCBr. The van der Waals surface area contributed by atoms with E-state index in [1.807, 2.05) is 0 Å². The molecule has 0 aliphatic rings. The highest BCUT2D eigenvalue weighted by atomic mass is 79.9. The zero-order valence-corrected chi connectivity index (χ0v) is 9.64. The number of rotatable bonds is 8. The first-order valence-corrected chi connectivity index (χ1v) is 5.72. The third kappa shape index (κ3) is 9.83. The molecule has 0 N–H and O–H groups in total. The molecule has 78 valence electrons. The minimum atomic E-state index is -0.164. The Morgan fingerprint density at radius 2 is 2.08 bits per heavy atom. The van der Waals surface area contributed by atoms with Gasteiger partial charge in [0.05, 0.1) is 26.2 Å². The molecular formula is C9H17BrO3. The van der Waals surface area contributed by atoms with Gasteiger partial charge in [-0.05, 0) is 6.42 Å². The quantitative estimate of drug-likeness (QED) is 0.377. The van der Waals surface area contributed by atoms with Gasteiger partial charge >= 0.3 is 5.97 Å². The van der Waals surface area contributed by atoms with Crippen LogP contribution in [-0.4, -0.2) is 31.1 Å². The Morgan fingerprint density at radius 3 is 2.69 bits per heavy atom. The number of hydrogen-bond donors (Lipinski definition) is 0. The van der Waals surface area contributed by atoms with Crippen molar-refractivity contribution in [3.63, 3.8) is 0 Å². The largest absolute Gasteiger partial charge is 0.466 e. The second-order valence-electron chi connectivity index (χ2n) is 2.63. The molecule has 0 aromatic heterocycles. The Balaban J connectivity index is 3.11. The fraction of sp³-hybridized carbons (Fsp3) is 0.889. The molecule has 0 aromatic carbocycles. The molecule has 0 saturated carbocycles. The van der Waals surface area contributed by atoms with Crippen molar-refractivity contribution in [2.24, 2.45) is 0 Å². The molecule has 0 fully saturated rings. The lowest BCUT2D eigenvalue weighted by Crippen LogP contribution is -2.09. The Kier molecular flexibility index (Phi) is 9.92. The molecule has 0 saturated heterocycles. The Labute approximate surface area is 87.9 Å². The number of ether oxygens (including phenoxy) is 2. The summed E-state index contributed by atoms with van der Waals surface area (Å²) in [6.45, 7) is 3.69. The molecule has 4 heteroatoms. The predicted molar refractivity (Wildman–Crippen MR) is 55.1 cm³/mol. The highest BCUT2D eigenvalue weighted by molar-refractivity contribution is 9.09. The molecular weight excluding hydrogens is 236 g/mol. The van der Waals surface area contributed by atoms with Crippen molar-refractivity contribution in [1.29, 1.82) is 0 Å². The minimum Gasteiger partial charge on any atom is -0.466 e. The highest BCUT2D eigenvalue weighted by Gasteiger charge is 2.01. The van der Waals surface area contributed by atoms with Crippen LogP contribution in [0.1, 0.15) is 26.2 Å². The van der Waals surface area contributed by atoms with Gasteiger partial charge in [-0.15, -0.1) is 0 Å². The lowest BCUT2D eigenvalue weighted by molar-refractivity contribution is -0.144. The van der Waals surface area contributed by atoms with Crippen molar-refractivity contribution in [2.45, 2.75) is 26.2 Å². The third-order valence-corrected chi connectivity index (χ3v) is 1.76. The second-order valence-corrected chi connectivity index (χ2v) is 3.42. The Morgan fingerprint density at radius 1 is 1.31 bits per heavy atom. The van der Waals surface area contributed by atoms with E-state index in [1.165, 1.54) is 0 Å². The normalized spacial score (nSPS) is 10.0. The fourth-order valence-corrected chi connectivity index (χ4v) is 0.944. The summed E-state index contributed by atoms with van der Waals surface area (Å²) in [4.78, 5) is 11.0. The van der Waals surface area contributed by atoms with Crippen LogP contribution in [-0.2, 0) is 14.3 Å². The van der Waals surface area contributed by atoms with Crippen LogP contribution in [0.15, 0.2) is 0 Å². The molecule has 0 aliphatic carbocycles. The van der Waals surface area contributed by atoms with E-state index in [0.29, 0.717) is 26.2 Å². The number of carbonyl (C=O) groups is 1. The zero-order valence-electron chi connectivity index (χ0n) is 8.05. The van der Waals surface area contributed by atoms with Crippen molar-refractivity contribution in [2.75, 3.05) is 25.2 Å². The van der Waals surface area contributed by atoms with Gasteiger partial charge in [0.2, 0.25) is 0 Å². The number of hydrogen-bond acceptors (Lipinski definition) is 3. The van der Waals surface area contributed by atoms with E-state index in [0.717, 1.165) is 18.2 Å². The maximum atomic E-state index is 11.0. The predicted octanol–water partition coefficient (Wildman–Crippen LogP) is 2.13. The third-order valence-electron chi connectivity index (χ3n) is 1.43. The van der Waals surface area contributed by atoms with Crippen LogP contribution in [0.3, 0.4) is 0 Å². The average Bonchev–Trinajstić information content (AvgIpc) is 2.13. The molecule has 0 heterocycles. The van der Waals surface area contributed by atoms with Crippen LogP contribution >= 0.6 is 15.9 Å². The number of carbonyl (C=O) groups excluding carboxylic acids is 1. The number of halogens is 1. The van der Waals surface area contributed by atoms with E-state index in [2.05, 4.69) is 22.9 Å². The maximum Gasteiger partial charge on any atom is 0.308 e. The molecule has 0 aliphatic heterocycles. The van der Waals surface area contributed by atoms with Crippen LogP contribution in [0.2, 0.25) is 0 Å². The smallest absolute Gasteiger partial charge is 0.308 e. The van der Waals surface area contributed by atoms with Gasteiger partial charge in [-0.1, -0.05) is 29.3 Å². The Hall–Kier alpha value is -0.0900. The molecule has 0 radical (unpaired) electrons. The second kappa shape index (κ2) is 9.99. The van der Waals surface area contributed by atoms with Gasteiger partial charge < -0.3 is 9.47 Å². The highest BCUT2D eigenvalue weighted by Crippen LogP contribution is 1.93. The van der Waals surface area contributed by atoms with Gasteiger partial charge in [0.15, 0.2) is 0 Å². The zero-order chi connectivity index (χ0) is 9.94. The molecule has 0 rings (SSSR count). The molecule has 0 bridgehead atoms. The molecule has 0 aromatic rings. The average molecular weight is 253 g/mol. The summed E-state index contributed by atoms with van der Waals surface area (Å²) in [6, 6.07) is 0. The van der Waals surface area contributed by atoms with Crippen LogP contribution in [0.25, 0.3) is 0 Å². The number of esters is 1. The standard InChI is InChI=1S/C9H17BrO3/c1-2-3-6-13-9(11)4-7-12-8-5-10/h2-8H2,1H3. The van der Waals surface area contributed by atoms with E-state index < -0.39 is 0 Å². The fourth-order valence-electron chi connectivity index (χ4n) is 0.715. The van der Waals surface area contributed by atoms with Gasteiger partial charge in [0.1, 0.15) is 0 Å². The summed E-state index contributed by atoms with van der Waals surface area (Å²) < 4.78 is 10.0. The Bertz CT molecular complexity index is 128. The van der Waals surface area contributed by atoms with E-state index >= 15 is 0 Å². The van der Waals surface area contributed by atoms with Gasteiger partial charge in [-0.3, -0.25) is 4.79 Å². The lowest BCUT2D eigenvalue weighted by atomic mass is 10.4. The number of alkyl halides is 1. The first kappa shape index (κ1) is 12.9. The van der Waals surface area contributed by atoms with Crippen molar-refractivity contribution >= 4 is 21.9 Å². The first-order valence-electron chi connectivity index (χ1n) is 4.60.